The summed E-state index contributed by atoms with van der Waals surface area (Å²) in [5.74, 6) is 0.680. The predicted molar refractivity (Wildman–Crippen MR) is 77.2 cm³/mol. The molecule has 1 fully saturated rings. The Morgan fingerprint density at radius 3 is 2.78 bits per heavy atom. The maximum Gasteiger partial charge on any atom is 0.180 e. The van der Waals surface area contributed by atoms with Gasteiger partial charge in [-0.05, 0) is 37.8 Å². The zero-order valence-corrected chi connectivity index (χ0v) is 11.7. The van der Waals surface area contributed by atoms with E-state index in [2.05, 4.69) is 37.0 Å². The Hall–Kier alpha value is -1.35. The number of hydrogen-bond donors (Lipinski definition) is 1. The Bertz CT molecular complexity index is 582. The van der Waals surface area contributed by atoms with E-state index >= 15 is 0 Å². The van der Waals surface area contributed by atoms with E-state index in [1.54, 1.807) is 11.3 Å². The van der Waals surface area contributed by atoms with Crippen molar-refractivity contribution in [3.63, 3.8) is 0 Å². The Morgan fingerprint density at radius 1 is 1.33 bits per heavy atom. The predicted octanol–water partition coefficient (Wildman–Crippen LogP) is 3.81. The van der Waals surface area contributed by atoms with Gasteiger partial charge < -0.3 is 5.73 Å². The molecule has 0 radical (unpaired) electrons. The van der Waals surface area contributed by atoms with Gasteiger partial charge in [0.05, 0.1) is 5.69 Å². The Kier molecular flexibility index (Phi) is 2.86. The Morgan fingerprint density at radius 2 is 2.11 bits per heavy atom. The maximum atomic E-state index is 5.87. The largest absolute Gasteiger partial charge is 0.375 e. The molecule has 2 nitrogen and oxygen atoms in total. The summed E-state index contributed by atoms with van der Waals surface area (Å²) >= 11 is 1.66. The summed E-state index contributed by atoms with van der Waals surface area (Å²) in [4.78, 5) is 5.88. The summed E-state index contributed by atoms with van der Waals surface area (Å²) in [6.45, 7) is 4.32. The highest BCUT2D eigenvalue weighted by molar-refractivity contribution is 7.15. The third kappa shape index (κ3) is 2.27. The molecule has 0 amide bonds. The van der Waals surface area contributed by atoms with E-state index in [1.165, 1.54) is 40.1 Å². The first-order valence-corrected chi connectivity index (χ1v) is 7.26. The summed E-state index contributed by atoms with van der Waals surface area (Å²) in [5.41, 5.74) is 11.2. The Labute approximate surface area is 112 Å². The van der Waals surface area contributed by atoms with Crippen LogP contribution in [0, 0.1) is 13.8 Å². The van der Waals surface area contributed by atoms with Crippen LogP contribution in [0.15, 0.2) is 18.2 Å². The molecule has 2 N–H and O–H groups in total. The number of anilines is 1. The summed E-state index contributed by atoms with van der Waals surface area (Å²) in [6.07, 6.45) is 3.54. The van der Waals surface area contributed by atoms with E-state index < -0.39 is 0 Å². The van der Waals surface area contributed by atoms with E-state index in [9.17, 15) is 0 Å². The Balaban J connectivity index is 1.91. The number of nitrogens with zero attached hydrogens (tertiary/aromatic N) is 1. The molecule has 1 aliphatic carbocycles. The first-order valence-electron chi connectivity index (χ1n) is 6.44. The van der Waals surface area contributed by atoms with E-state index in [0.717, 1.165) is 11.6 Å². The summed E-state index contributed by atoms with van der Waals surface area (Å²) < 4.78 is 0. The van der Waals surface area contributed by atoms with Gasteiger partial charge in [-0.1, -0.05) is 23.8 Å². The molecule has 0 unspecified atom stereocenters. The number of nitrogen functional groups attached to an aromatic ring is 1. The number of benzene rings is 1. The average molecular weight is 258 g/mol. The van der Waals surface area contributed by atoms with Crippen molar-refractivity contribution in [1.29, 1.82) is 0 Å². The second-order valence-electron chi connectivity index (χ2n) is 5.24. The van der Waals surface area contributed by atoms with Crippen LogP contribution in [-0.4, -0.2) is 4.98 Å². The van der Waals surface area contributed by atoms with Crippen molar-refractivity contribution in [3.8, 4) is 0 Å². The van der Waals surface area contributed by atoms with Crippen LogP contribution in [0.4, 0.5) is 5.13 Å². The number of thiazole rings is 1. The van der Waals surface area contributed by atoms with Gasteiger partial charge in [0.2, 0.25) is 0 Å². The van der Waals surface area contributed by atoms with Crippen molar-refractivity contribution < 1.29 is 0 Å². The van der Waals surface area contributed by atoms with Crippen LogP contribution < -0.4 is 5.73 Å². The molecule has 18 heavy (non-hydrogen) atoms. The molecular formula is C15H18N2S. The normalized spacial score (nSPS) is 15.0. The number of nitrogens with two attached hydrogens (primary N) is 1. The van der Waals surface area contributed by atoms with E-state index in [-0.39, 0.29) is 0 Å². The van der Waals surface area contributed by atoms with Crippen LogP contribution in [0.25, 0.3) is 0 Å². The molecule has 1 aromatic carbocycles. The fourth-order valence-corrected chi connectivity index (χ4v) is 3.34. The fourth-order valence-electron chi connectivity index (χ4n) is 2.40. The lowest BCUT2D eigenvalue weighted by molar-refractivity contribution is 1.01. The van der Waals surface area contributed by atoms with E-state index in [0.29, 0.717) is 5.92 Å². The summed E-state index contributed by atoms with van der Waals surface area (Å²) in [6, 6.07) is 6.66. The van der Waals surface area contributed by atoms with Gasteiger partial charge in [0.1, 0.15) is 0 Å². The zero-order chi connectivity index (χ0) is 12.7. The molecule has 1 saturated carbocycles. The third-order valence-corrected chi connectivity index (χ3v) is 4.46. The topological polar surface area (TPSA) is 38.9 Å². The third-order valence-electron chi connectivity index (χ3n) is 3.56. The van der Waals surface area contributed by atoms with Gasteiger partial charge in [-0.15, -0.1) is 11.3 Å². The molecule has 1 heterocycles. The molecule has 0 spiro atoms. The smallest absolute Gasteiger partial charge is 0.180 e. The lowest BCUT2D eigenvalue weighted by Gasteiger charge is -2.06. The molecule has 1 aliphatic rings. The van der Waals surface area contributed by atoms with Gasteiger partial charge in [0, 0.05) is 17.2 Å². The molecule has 0 bridgehead atoms. The van der Waals surface area contributed by atoms with Crippen molar-refractivity contribution in [3.05, 3.63) is 45.5 Å². The number of hydrogen-bond acceptors (Lipinski definition) is 3. The SMILES string of the molecule is Cc1ccc(Cc2sc(N)nc2C2CC2)c(C)c1. The fraction of sp³-hybridized carbons (Fsp3) is 0.400. The molecule has 2 aromatic rings. The highest BCUT2D eigenvalue weighted by atomic mass is 32.1. The van der Waals surface area contributed by atoms with Crippen molar-refractivity contribution in [2.45, 2.75) is 39.0 Å². The van der Waals surface area contributed by atoms with Crippen molar-refractivity contribution in [2.24, 2.45) is 0 Å². The van der Waals surface area contributed by atoms with Gasteiger partial charge in [-0.25, -0.2) is 4.98 Å². The van der Waals surface area contributed by atoms with Gasteiger partial charge in [0.15, 0.2) is 5.13 Å². The van der Waals surface area contributed by atoms with Crippen LogP contribution in [0.2, 0.25) is 0 Å². The summed E-state index contributed by atoms with van der Waals surface area (Å²) in [7, 11) is 0. The maximum absolute atomic E-state index is 5.87. The lowest BCUT2D eigenvalue weighted by atomic mass is 10.0. The minimum atomic E-state index is 0.680. The molecule has 0 aliphatic heterocycles. The van der Waals surface area contributed by atoms with Crippen molar-refractivity contribution in [1.82, 2.24) is 4.98 Å². The van der Waals surface area contributed by atoms with Crippen LogP contribution in [-0.2, 0) is 6.42 Å². The van der Waals surface area contributed by atoms with E-state index in [4.69, 9.17) is 5.73 Å². The molecular weight excluding hydrogens is 240 g/mol. The van der Waals surface area contributed by atoms with E-state index in [1.807, 2.05) is 0 Å². The molecule has 0 atom stereocenters. The number of aromatic nitrogens is 1. The standard InChI is InChI=1S/C15H18N2S/c1-9-3-4-12(10(2)7-9)8-13-14(11-5-6-11)17-15(16)18-13/h3-4,7,11H,5-6,8H2,1-2H3,(H2,16,17). The minimum absolute atomic E-state index is 0.680. The monoisotopic (exact) mass is 258 g/mol. The van der Waals surface area contributed by atoms with Crippen LogP contribution >= 0.6 is 11.3 Å². The van der Waals surface area contributed by atoms with Crippen LogP contribution in [0.1, 0.15) is 46.0 Å². The molecule has 0 saturated heterocycles. The number of aryl methyl sites for hydroxylation is 2. The van der Waals surface area contributed by atoms with Crippen LogP contribution in [0.3, 0.4) is 0 Å². The highest BCUT2D eigenvalue weighted by Gasteiger charge is 2.29. The summed E-state index contributed by atoms with van der Waals surface area (Å²) in [5, 5.41) is 0.719. The van der Waals surface area contributed by atoms with Gasteiger partial charge in [0.25, 0.3) is 0 Å². The minimum Gasteiger partial charge on any atom is -0.375 e. The lowest BCUT2D eigenvalue weighted by Crippen LogP contribution is -1.94. The number of rotatable bonds is 3. The second-order valence-corrected chi connectivity index (χ2v) is 6.36. The molecule has 3 heteroatoms. The van der Waals surface area contributed by atoms with Crippen molar-refractivity contribution >= 4 is 16.5 Å². The molecule has 1 aromatic heterocycles. The highest BCUT2D eigenvalue weighted by Crippen LogP contribution is 2.43. The van der Waals surface area contributed by atoms with Gasteiger partial charge >= 0.3 is 0 Å². The molecule has 3 rings (SSSR count). The second kappa shape index (κ2) is 4.39. The van der Waals surface area contributed by atoms with Gasteiger partial charge in [-0.3, -0.25) is 0 Å². The zero-order valence-electron chi connectivity index (χ0n) is 10.9. The molecule has 94 valence electrons. The average Bonchev–Trinajstić information content (AvgIpc) is 3.08. The first-order chi connectivity index (χ1) is 8.63. The van der Waals surface area contributed by atoms with Gasteiger partial charge in [-0.2, -0.15) is 0 Å². The van der Waals surface area contributed by atoms with Crippen LogP contribution in [0.5, 0.6) is 0 Å². The van der Waals surface area contributed by atoms with Crippen molar-refractivity contribution in [2.75, 3.05) is 5.73 Å². The first kappa shape index (κ1) is 11.7. The quantitative estimate of drug-likeness (QED) is 0.909.